The molecule has 4 aromatic rings. The number of aromatic nitrogens is 4. The van der Waals surface area contributed by atoms with Gasteiger partial charge in [-0.3, -0.25) is 14.6 Å². The first-order chi connectivity index (χ1) is 29.1. The van der Waals surface area contributed by atoms with Crippen LogP contribution in [0.2, 0.25) is 0 Å². The number of carbonyl (C=O) groups is 4. The van der Waals surface area contributed by atoms with Crippen molar-refractivity contribution in [2.75, 3.05) is 26.2 Å². The molecular formula is C45H53N9O6. The number of rotatable bonds is 11. The highest BCUT2D eigenvalue weighted by Crippen LogP contribution is 2.36. The minimum Gasteiger partial charge on any atom is -0.436 e. The fraction of sp³-hybridized carbons (Fsp3) is 0.444. The molecule has 0 bridgehead atoms. The van der Waals surface area contributed by atoms with E-state index in [0.717, 1.165) is 49.8 Å². The number of amides is 5. The van der Waals surface area contributed by atoms with Crippen LogP contribution in [0.1, 0.15) is 110 Å². The number of benzene rings is 2. The lowest BCUT2D eigenvalue weighted by molar-refractivity contribution is -0.134. The maximum atomic E-state index is 14.4. The van der Waals surface area contributed by atoms with Crippen LogP contribution in [0.15, 0.2) is 73.2 Å². The first-order valence-corrected chi connectivity index (χ1v) is 20.9. The average Bonchev–Trinajstić information content (AvgIpc) is 4.07. The van der Waals surface area contributed by atoms with Gasteiger partial charge in [-0.25, -0.2) is 19.6 Å². The van der Waals surface area contributed by atoms with Crippen molar-refractivity contribution in [2.45, 2.75) is 95.5 Å². The van der Waals surface area contributed by atoms with Gasteiger partial charge in [0.05, 0.1) is 48.7 Å². The largest absolute Gasteiger partial charge is 0.436 e. The molecule has 15 nitrogen and oxygen atoms in total. The second-order valence-corrected chi connectivity index (χ2v) is 16.0. The summed E-state index contributed by atoms with van der Waals surface area (Å²) in [5.74, 6) is 6.58. The van der Waals surface area contributed by atoms with E-state index in [0.29, 0.717) is 42.5 Å². The zero-order chi connectivity index (χ0) is 42.0. The van der Waals surface area contributed by atoms with Crippen molar-refractivity contribution in [3.05, 3.63) is 102 Å². The highest BCUT2D eigenvalue weighted by Gasteiger charge is 2.38. The predicted octanol–water partition coefficient (Wildman–Crippen LogP) is 5.39. The minimum absolute atomic E-state index is 0.00109. The zero-order valence-corrected chi connectivity index (χ0v) is 34.1. The fourth-order valence-corrected chi connectivity index (χ4v) is 8.22. The van der Waals surface area contributed by atoms with Crippen LogP contribution in [-0.2, 0) is 16.1 Å². The SMILES string of the molecule is CC(C)C#CCOC(=O)N[C@@H]1CCN(C(=O)N[C@@H](C(=O)N2CCC[C@H]2c2ncc(-c3ccc(C4CCC(NC(=O)c5cnc(CO)cn5)CC4)cc3)[nH]2)c2ccccc2)C1. The number of H-pyrrole nitrogens is 1. The lowest BCUT2D eigenvalue weighted by atomic mass is 9.81. The number of aromatic amines is 1. The summed E-state index contributed by atoms with van der Waals surface area (Å²) >= 11 is 0. The molecule has 3 atom stereocenters. The monoisotopic (exact) mass is 815 g/mol. The number of nitrogens with one attached hydrogen (secondary N) is 4. The van der Waals surface area contributed by atoms with Crippen molar-refractivity contribution in [3.63, 3.8) is 0 Å². The molecule has 5 N–H and O–H groups in total. The van der Waals surface area contributed by atoms with Crippen LogP contribution in [0.25, 0.3) is 11.3 Å². The van der Waals surface area contributed by atoms with Gasteiger partial charge < -0.3 is 40.6 Å². The molecule has 0 spiro atoms. The van der Waals surface area contributed by atoms with E-state index < -0.39 is 12.1 Å². The average molecular weight is 816 g/mol. The zero-order valence-electron chi connectivity index (χ0n) is 34.1. The van der Waals surface area contributed by atoms with E-state index in [-0.39, 0.29) is 67.3 Å². The van der Waals surface area contributed by atoms with Crippen LogP contribution < -0.4 is 16.0 Å². The van der Waals surface area contributed by atoms with E-state index in [1.165, 1.54) is 18.0 Å². The van der Waals surface area contributed by atoms with Gasteiger partial charge in [0.1, 0.15) is 17.6 Å². The van der Waals surface area contributed by atoms with Gasteiger partial charge in [0.15, 0.2) is 6.61 Å². The molecule has 2 aliphatic heterocycles. The number of likely N-dealkylation sites (tertiary alicyclic amines) is 2. The first-order valence-electron chi connectivity index (χ1n) is 20.9. The number of urea groups is 1. The molecule has 0 unspecified atom stereocenters. The summed E-state index contributed by atoms with van der Waals surface area (Å²) in [6, 6.07) is 16.0. The van der Waals surface area contributed by atoms with E-state index in [1.54, 1.807) is 4.90 Å². The van der Waals surface area contributed by atoms with E-state index in [2.05, 4.69) is 67.0 Å². The van der Waals surface area contributed by atoms with Crippen molar-refractivity contribution in [2.24, 2.45) is 5.92 Å². The Morgan fingerprint density at radius 3 is 2.38 bits per heavy atom. The number of alkyl carbamates (subject to hydrolysis) is 1. The number of imidazole rings is 1. The van der Waals surface area contributed by atoms with Crippen molar-refractivity contribution < 1.29 is 29.0 Å². The van der Waals surface area contributed by atoms with Gasteiger partial charge in [-0.05, 0) is 67.6 Å². The third-order valence-corrected chi connectivity index (χ3v) is 11.4. The third kappa shape index (κ3) is 10.5. The van der Waals surface area contributed by atoms with Gasteiger partial charge in [0.25, 0.3) is 5.91 Å². The quantitative estimate of drug-likeness (QED) is 0.123. The number of ether oxygens (including phenoxy) is 1. The lowest BCUT2D eigenvalue weighted by Gasteiger charge is -2.30. The van der Waals surface area contributed by atoms with Crippen LogP contribution >= 0.6 is 0 Å². The number of carbonyl (C=O) groups excluding carboxylic acids is 4. The Hall–Kier alpha value is -6.27. The van der Waals surface area contributed by atoms with Gasteiger partial charge in [-0.2, -0.15) is 0 Å². The molecule has 0 radical (unpaired) electrons. The highest BCUT2D eigenvalue weighted by atomic mass is 16.5. The molecule has 1 aliphatic carbocycles. The third-order valence-electron chi connectivity index (χ3n) is 11.4. The first kappa shape index (κ1) is 41.9. The van der Waals surface area contributed by atoms with E-state index in [1.807, 2.05) is 55.3 Å². The standard InChI is InChI=1S/C45H53N9O6/c1-29(2)8-7-23-60-45(59)50-35-20-22-53(27-35)44(58)52-40(33-9-4-3-5-10-33)43(57)54-21-6-11-39(54)41-48-25-37(51-41)32-14-12-30(13-15-32)31-16-18-34(19-17-31)49-42(56)38-26-46-36(28-55)24-47-38/h3-5,9-10,12-15,24-26,29,31,34-35,39-40,55H,6,11,16-23,27-28H2,1-2H3,(H,48,51)(H,49,56)(H,50,59)(H,52,58)/t31?,34?,35-,39+,40-/m1/s1. The lowest BCUT2D eigenvalue weighted by Crippen LogP contribution is -2.48. The molecule has 3 fully saturated rings. The van der Waals surface area contributed by atoms with Gasteiger partial charge >= 0.3 is 12.1 Å². The number of hydrogen-bond donors (Lipinski definition) is 5. The Morgan fingerprint density at radius 2 is 1.67 bits per heavy atom. The molecule has 7 rings (SSSR count). The summed E-state index contributed by atoms with van der Waals surface area (Å²) in [4.78, 5) is 72.9. The van der Waals surface area contributed by atoms with Crippen LogP contribution in [0.4, 0.5) is 9.59 Å². The summed E-state index contributed by atoms with van der Waals surface area (Å²) in [6.45, 7) is 4.94. The summed E-state index contributed by atoms with van der Waals surface area (Å²) in [5.41, 5.74) is 4.44. The van der Waals surface area contributed by atoms with Crippen LogP contribution in [0, 0.1) is 17.8 Å². The maximum absolute atomic E-state index is 14.4. The van der Waals surface area contributed by atoms with Gasteiger partial charge in [0.2, 0.25) is 5.91 Å². The molecule has 2 aromatic carbocycles. The Balaban J connectivity index is 0.938. The second kappa shape index (κ2) is 19.7. The van der Waals surface area contributed by atoms with E-state index in [9.17, 15) is 24.3 Å². The van der Waals surface area contributed by atoms with Crippen molar-refractivity contribution in [3.8, 4) is 23.1 Å². The van der Waals surface area contributed by atoms with Crippen LogP contribution in [0.3, 0.4) is 0 Å². The van der Waals surface area contributed by atoms with Crippen molar-refractivity contribution in [1.82, 2.24) is 45.7 Å². The molecule has 5 amide bonds. The molecule has 4 heterocycles. The molecule has 2 saturated heterocycles. The van der Waals surface area contributed by atoms with E-state index >= 15 is 0 Å². The van der Waals surface area contributed by atoms with Gasteiger partial charge in [-0.1, -0.05) is 80.3 Å². The molecule has 3 aliphatic rings. The number of hydrogen-bond acceptors (Lipinski definition) is 9. The van der Waals surface area contributed by atoms with Crippen LogP contribution in [0.5, 0.6) is 0 Å². The Labute approximate surface area is 350 Å². The number of aliphatic hydroxyl groups excluding tert-OH is 1. The minimum atomic E-state index is -0.914. The van der Waals surface area contributed by atoms with E-state index in [4.69, 9.17) is 9.72 Å². The summed E-state index contributed by atoms with van der Waals surface area (Å²) < 4.78 is 5.17. The van der Waals surface area contributed by atoms with Crippen molar-refractivity contribution >= 4 is 23.9 Å². The molecule has 314 valence electrons. The van der Waals surface area contributed by atoms with Crippen LogP contribution in [-0.4, -0.2) is 97.1 Å². The second-order valence-electron chi connectivity index (χ2n) is 16.0. The van der Waals surface area contributed by atoms with Gasteiger partial charge in [0, 0.05) is 31.6 Å². The normalized spacial score (nSPS) is 20.5. The van der Waals surface area contributed by atoms with Crippen molar-refractivity contribution in [1.29, 1.82) is 0 Å². The molecule has 15 heteroatoms. The summed E-state index contributed by atoms with van der Waals surface area (Å²) in [6.07, 6.45) is 9.75. The Kier molecular flexibility index (Phi) is 13.7. The predicted molar refractivity (Wildman–Crippen MR) is 223 cm³/mol. The number of nitrogens with zero attached hydrogens (tertiary/aromatic N) is 5. The number of aliphatic hydroxyl groups is 1. The molecule has 1 saturated carbocycles. The fourth-order valence-electron chi connectivity index (χ4n) is 8.22. The molecular weight excluding hydrogens is 763 g/mol. The molecule has 60 heavy (non-hydrogen) atoms. The molecule has 2 aromatic heterocycles. The summed E-state index contributed by atoms with van der Waals surface area (Å²) in [7, 11) is 0. The maximum Gasteiger partial charge on any atom is 0.408 e. The Morgan fingerprint density at radius 1 is 0.883 bits per heavy atom. The smallest absolute Gasteiger partial charge is 0.408 e. The summed E-state index contributed by atoms with van der Waals surface area (Å²) in [5, 5.41) is 18.1. The van der Waals surface area contributed by atoms with Gasteiger partial charge in [-0.15, -0.1) is 0 Å². The highest BCUT2D eigenvalue weighted by molar-refractivity contribution is 5.92. The topological polar surface area (TPSA) is 195 Å². The Bertz CT molecular complexity index is 2160.